The average molecular weight is 969 g/mol. The van der Waals surface area contributed by atoms with Crippen molar-refractivity contribution in [3.63, 3.8) is 0 Å². The number of benzene rings is 3. The second-order valence-electron chi connectivity index (χ2n) is 21.3. The molecule has 3 saturated carbocycles. The molecule has 2 aliphatic heterocycles. The number of phenols is 2. The molecule has 0 spiro atoms. The summed E-state index contributed by atoms with van der Waals surface area (Å²) in [5.41, 5.74) is 2.72. The molecule has 18 heteroatoms. The van der Waals surface area contributed by atoms with Crippen molar-refractivity contribution >= 4 is 25.0 Å². The first-order chi connectivity index (χ1) is 33.9. The molecule has 71 heavy (non-hydrogen) atoms. The third kappa shape index (κ3) is 10.2. The summed E-state index contributed by atoms with van der Waals surface area (Å²) in [4.78, 5) is 62.7. The zero-order chi connectivity index (χ0) is 50.4. The van der Waals surface area contributed by atoms with E-state index in [-0.39, 0.29) is 64.3 Å². The molecule has 3 amide bonds. The van der Waals surface area contributed by atoms with Crippen LogP contribution < -0.4 is 21.1 Å². The number of aromatic nitrogens is 4. The Labute approximate surface area is 414 Å². The number of carbonyl (C=O) groups is 3. The largest absolute Gasteiger partial charge is 0.508 e. The van der Waals surface area contributed by atoms with E-state index in [1.165, 1.54) is 29.1 Å². The molecule has 17 nitrogen and oxygen atoms in total. The molecular formula is C53H65BN8O9. The number of nitrogens with one attached hydrogen (secondary N) is 3. The van der Waals surface area contributed by atoms with Crippen LogP contribution in [0.15, 0.2) is 90.0 Å². The Morgan fingerprint density at radius 1 is 0.901 bits per heavy atom. The molecule has 5 fully saturated rings. The van der Waals surface area contributed by atoms with Crippen LogP contribution >= 0.6 is 0 Å². The summed E-state index contributed by atoms with van der Waals surface area (Å²) in [6.45, 7) is 17.4. The van der Waals surface area contributed by atoms with Crippen molar-refractivity contribution in [2.75, 3.05) is 26.2 Å². The van der Waals surface area contributed by atoms with E-state index in [2.05, 4.69) is 65.3 Å². The molecule has 2 aromatic heterocycles. The van der Waals surface area contributed by atoms with Crippen LogP contribution in [0.1, 0.15) is 101 Å². The van der Waals surface area contributed by atoms with Crippen molar-refractivity contribution in [3.05, 3.63) is 118 Å². The number of ether oxygens (including phenoxy) is 1. The second kappa shape index (κ2) is 20.0. The highest BCUT2D eigenvalue weighted by Gasteiger charge is 2.68. The van der Waals surface area contributed by atoms with Gasteiger partial charge in [0.25, 0.3) is 5.91 Å². The minimum absolute atomic E-state index is 0.0300. The Morgan fingerprint density at radius 2 is 1.63 bits per heavy atom. The van der Waals surface area contributed by atoms with Crippen molar-refractivity contribution < 1.29 is 38.6 Å². The van der Waals surface area contributed by atoms with Crippen LogP contribution in [0, 0.1) is 23.2 Å². The van der Waals surface area contributed by atoms with Crippen molar-refractivity contribution in [2.24, 2.45) is 23.2 Å². The minimum Gasteiger partial charge on any atom is -0.508 e. The van der Waals surface area contributed by atoms with Crippen molar-refractivity contribution in [2.45, 2.75) is 110 Å². The van der Waals surface area contributed by atoms with E-state index in [1.807, 2.05) is 68.4 Å². The molecule has 6 atom stereocenters. The van der Waals surface area contributed by atoms with Gasteiger partial charge in [-0.05, 0) is 96.2 Å². The Bertz CT molecular complexity index is 2810. The molecule has 2 bridgehead atoms. The van der Waals surface area contributed by atoms with Gasteiger partial charge in [0.2, 0.25) is 5.91 Å². The van der Waals surface area contributed by atoms with Gasteiger partial charge in [-0.2, -0.15) is 5.10 Å². The van der Waals surface area contributed by atoms with Crippen LogP contribution in [0.25, 0.3) is 17.1 Å². The van der Waals surface area contributed by atoms with Gasteiger partial charge >= 0.3 is 18.9 Å². The number of hydrogen-bond donors (Lipinski definition) is 5. The Kier molecular flexibility index (Phi) is 13.9. The van der Waals surface area contributed by atoms with E-state index in [0.29, 0.717) is 67.8 Å². The summed E-state index contributed by atoms with van der Waals surface area (Å²) in [6.07, 6.45) is 5.05. The SMILES string of the molecule is CC(C)CC(NC(=O)C(Cc1ccccc1)NC(=O)c1cncc(OC(=O)N2CCN(Cc3ccc(-n4c(-c5cc(C(C)C)c(O)cc5O)n[nH]c4=O)cc3)CC2)c1)B1OC2CC3CC(C3(C)C)C2(C)O1. The predicted octanol–water partition coefficient (Wildman–Crippen LogP) is 6.61. The molecule has 4 heterocycles. The van der Waals surface area contributed by atoms with Gasteiger partial charge in [-0.3, -0.25) is 19.5 Å². The normalized spacial score (nSPS) is 22.4. The summed E-state index contributed by atoms with van der Waals surface area (Å²) < 4.78 is 20.6. The van der Waals surface area contributed by atoms with Gasteiger partial charge in [0.1, 0.15) is 17.5 Å². The number of hydrogen-bond acceptors (Lipinski definition) is 12. The molecule has 3 aliphatic carbocycles. The van der Waals surface area contributed by atoms with Crippen molar-refractivity contribution in [1.29, 1.82) is 0 Å². The summed E-state index contributed by atoms with van der Waals surface area (Å²) in [5.74, 6) is -0.103. The summed E-state index contributed by atoms with van der Waals surface area (Å²) in [5, 5.41) is 33.9. The summed E-state index contributed by atoms with van der Waals surface area (Å²) in [7, 11) is -0.621. The standard InChI is InChI=1S/C53H65BN8O9/c1-31(2)21-46(54-70-45-25-36-24-44(52(36,5)6)53(45,7)71-54)57-49(66)41(22-33-11-9-8-10-12-33)56-48(65)35-23-38(29-55-28-35)69-51(68)61-19-17-60(18-20-61)30-34-13-15-37(16-14-34)62-47(58-59-50(62)67)40-26-39(32(3)4)42(63)27-43(40)64/h8-16,23,26-29,31-32,36,41,44-46,63-64H,17-22,24-25,30H2,1-7H3,(H,56,65)(H,57,66)(H,59,67). The fourth-order valence-electron chi connectivity index (χ4n) is 11.2. The second-order valence-corrected chi connectivity index (χ2v) is 21.3. The maximum absolute atomic E-state index is 14.4. The Hall–Kier alpha value is -6.50. The number of carbonyl (C=O) groups excluding carboxylic acids is 3. The number of nitrogens with zero attached hydrogens (tertiary/aromatic N) is 5. The lowest BCUT2D eigenvalue weighted by Crippen LogP contribution is -2.65. The van der Waals surface area contributed by atoms with Gasteiger partial charge in [-0.1, -0.05) is 84.0 Å². The zero-order valence-electron chi connectivity index (χ0n) is 41.6. The fourth-order valence-corrected chi connectivity index (χ4v) is 11.2. The topological polar surface area (TPSA) is 213 Å². The lowest BCUT2D eigenvalue weighted by Gasteiger charge is -2.64. The van der Waals surface area contributed by atoms with E-state index in [4.69, 9.17) is 14.0 Å². The van der Waals surface area contributed by atoms with Gasteiger partial charge in [-0.15, -0.1) is 0 Å². The van der Waals surface area contributed by atoms with Gasteiger partial charge in [0.05, 0.1) is 40.7 Å². The van der Waals surface area contributed by atoms with Gasteiger partial charge in [-0.25, -0.2) is 19.3 Å². The fraction of sp³-hybridized carbons (Fsp3) is 0.472. The molecule has 0 radical (unpaired) electrons. The maximum atomic E-state index is 14.4. The van der Waals surface area contributed by atoms with Crippen LogP contribution in [0.2, 0.25) is 0 Å². The van der Waals surface area contributed by atoms with E-state index in [1.54, 1.807) is 11.0 Å². The zero-order valence-corrected chi connectivity index (χ0v) is 41.6. The monoisotopic (exact) mass is 968 g/mol. The van der Waals surface area contributed by atoms with Crippen LogP contribution in [0.5, 0.6) is 17.2 Å². The number of H-pyrrole nitrogens is 1. The Balaban J connectivity index is 0.804. The number of piperazine rings is 1. The van der Waals surface area contributed by atoms with Gasteiger partial charge in [0, 0.05) is 51.4 Å². The highest BCUT2D eigenvalue weighted by Crippen LogP contribution is 2.65. The van der Waals surface area contributed by atoms with Crippen molar-refractivity contribution in [1.82, 2.24) is 40.2 Å². The highest BCUT2D eigenvalue weighted by atomic mass is 16.7. The predicted molar refractivity (Wildman–Crippen MR) is 267 cm³/mol. The molecule has 10 rings (SSSR count). The number of aromatic amines is 1. The maximum Gasteiger partial charge on any atom is 0.481 e. The Morgan fingerprint density at radius 3 is 2.32 bits per heavy atom. The first-order valence-corrected chi connectivity index (χ1v) is 24.8. The smallest absolute Gasteiger partial charge is 0.481 e. The molecule has 2 saturated heterocycles. The van der Waals surface area contributed by atoms with E-state index < -0.39 is 42.4 Å². The lowest BCUT2D eigenvalue weighted by molar-refractivity contribution is -0.199. The molecular weight excluding hydrogens is 903 g/mol. The number of pyridine rings is 1. The highest BCUT2D eigenvalue weighted by molar-refractivity contribution is 6.48. The number of amides is 3. The number of aromatic hydroxyl groups is 2. The molecule has 3 aromatic carbocycles. The van der Waals surface area contributed by atoms with Crippen molar-refractivity contribution in [3.8, 4) is 34.3 Å². The third-order valence-corrected chi connectivity index (χ3v) is 15.3. The van der Waals surface area contributed by atoms with E-state index in [0.717, 1.165) is 24.0 Å². The number of rotatable bonds is 15. The van der Waals surface area contributed by atoms with Crippen LogP contribution in [0.3, 0.4) is 0 Å². The first-order valence-electron chi connectivity index (χ1n) is 24.8. The molecule has 5 N–H and O–H groups in total. The number of phenolic OH excluding ortho intramolecular Hbond substituents is 2. The third-order valence-electron chi connectivity index (χ3n) is 15.3. The lowest BCUT2D eigenvalue weighted by atomic mass is 9.43. The quantitative estimate of drug-likeness (QED) is 0.0702. The average Bonchev–Trinajstić information content (AvgIpc) is 3.91. The van der Waals surface area contributed by atoms with Crippen LogP contribution in [0.4, 0.5) is 4.79 Å². The van der Waals surface area contributed by atoms with Gasteiger partial charge < -0.3 is 39.8 Å². The van der Waals surface area contributed by atoms with E-state index >= 15 is 0 Å². The van der Waals surface area contributed by atoms with Crippen LogP contribution in [-0.4, -0.2) is 115 Å². The molecule has 6 unspecified atom stereocenters. The van der Waals surface area contributed by atoms with Crippen LogP contribution in [-0.2, 0) is 27.1 Å². The first kappa shape index (κ1) is 49.5. The molecule has 5 aliphatic rings. The summed E-state index contributed by atoms with van der Waals surface area (Å²) >= 11 is 0. The van der Waals surface area contributed by atoms with Gasteiger partial charge in [0.15, 0.2) is 11.6 Å². The minimum atomic E-state index is -0.954. The summed E-state index contributed by atoms with van der Waals surface area (Å²) in [6, 6.07) is 20.4. The van der Waals surface area contributed by atoms with E-state index in [9.17, 15) is 29.4 Å². The molecule has 5 aromatic rings. The molecule has 374 valence electrons.